The van der Waals surface area contributed by atoms with Gasteiger partial charge in [0.15, 0.2) is 0 Å². The summed E-state index contributed by atoms with van der Waals surface area (Å²) in [5.74, 6) is 0. The molecule has 4 heteroatoms. The van der Waals surface area contributed by atoms with E-state index in [4.69, 9.17) is 0 Å². The van der Waals surface area contributed by atoms with Crippen molar-refractivity contribution < 1.29 is 0 Å². The Kier molecular flexibility index (Phi) is 11.1. The summed E-state index contributed by atoms with van der Waals surface area (Å²) < 4.78 is 0. The highest BCUT2D eigenvalue weighted by Crippen LogP contribution is 2.54. The fraction of sp³-hybridized carbons (Fsp3) is 0. The van der Waals surface area contributed by atoms with Crippen LogP contribution >= 0.6 is 0 Å². The monoisotopic (exact) mass is 1160 g/mol. The van der Waals surface area contributed by atoms with Crippen LogP contribution in [0.25, 0.3) is 121 Å². The molecule has 0 aliphatic carbocycles. The molecule has 0 saturated heterocycles. The Balaban J connectivity index is 0.962. The van der Waals surface area contributed by atoms with Crippen LogP contribution in [-0.4, -0.2) is 13.4 Å². The summed E-state index contributed by atoms with van der Waals surface area (Å²) in [5, 5.41) is 7.88. The first kappa shape index (κ1) is 51.2. The molecule has 0 saturated carbocycles. The molecule has 0 spiro atoms. The van der Waals surface area contributed by atoms with E-state index in [2.05, 4.69) is 337 Å². The highest BCUT2D eigenvalue weighted by molar-refractivity contribution is 7.02. The fourth-order valence-corrected chi connectivity index (χ4v) is 17.0. The topological polar surface area (TPSA) is 6.48 Å². The molecule has 0 atom stereocenters. The predicted octanol–water partition coefficient (Wildman–Crippen LogP) is 19.1. The van der Waals surface area contributed by atoms with Crippen LogP contribution in [0.2, 0.25) is 0 Å². The standard InChI is InChI=1S/C88H54B2N2/c1-5-27-55(28-6-1)59-35-13-15-39-63(59)67-53-75-83-70(66-42-26-49-81-87(66)89(75)73-43-19-23-47-79(73)91(81)77-45-21-17-37-61(77)57-31-9-3-10-32-57)52-72-68(64-40-16-14-36-60(64)56-29-7-2-8-30-56)54-76-84-69(51-71(67)85(83)86(72)84)65-41-25-50-82-88(65)90(76)74-44-20-24-48-80(74)92(82)78-46-22-18-38-62(78)58-33-11-4-12-34-58/h1-54H. The number of para-hydroxylation sites is 4. The summed E-state index contributed by atoms with van der Waals surface area (Å²) in [4.78, 5) is 5.14. The number of rotatable bonds is 8. The van der Waals surface area contributed by atoms with Crippen LogP contribution < -0.4 is 42.6 Å². The Morgan fingerprint density at radius 1 is 0.174 bits per heavy atom. The molecule has 16 aromatic rings. The highest BCUT2D eigenvalue weighted by atomic mass is 15.2. The van der Waals surface area contributed by atoms with E-state index in [0.717, 1.165) is 11.4 Å². The lowest BCUT2D eigenvalue weighted by Gasteiger charge is -2.42. The second-order valence-corrected chi connectivity index (χ2v) is 25.2. The number of hydrogen-bond donors (Lipinski definition) is 0. The molecule has 4 aliphatic rings. The van der Waals surface area contributed by atoms with Gasteiger partial charge in [-0.3, -0.25) is 0 Å². The van der Waals surface area contributed by atoms with Gasteiger partial charge in [-0.15, -0.1) is 0 Å². The normalized spacial score (nSPS) is 12.9. The third kappa shape index (κ3) is 7.23. The lowest BCUT2D eigenvalue weighted by atomic mass is 9.31. The smallest absolute Gasteiger partial charge is 0.248 e. The van der Waals surface area contributed by atoms with Crippen molar-refractivity contribution in [1.29, 1.82) is 0 Å². The predicted molar refractivity (Wildman–Crippen MR) is 392 cm³/mol. The van der Waals surface area contributed by atoms with E-state index in [-0.39, 0.29) is 13.4 Å². The van der Waals surface area contributed by atoms with Crippen molar-refractivity contribution in [2.24, 2.45) is 0 Å². The summed E-state index contributed by atoms with van der Waals surface area (Å²) in [5.41, 5.74) is 34.8. The molecule has 20 rings (SSSR count). The fourth-order valence-electron chi connectivity index (χ4n) is 17.0. The SMILES string of the molecule is c1ccc(-c2ccccc2-c2cc3c4c(cc5c(-c6ccccc6-c6ccccc6)cc6c7c(cc2c4c57)-c2cccc4c2B6c2ccccc2N4c2ccccc2-c2ccccc2)-c2cccc4c2B3c2ccccc2N4c2ccccc2-c2ccccc2)cc1. The molecule has 0 amide bonds. The molecule has 16 aromatic carbocycles. The zero-order chi connectivity index (χ0) is 60.1. The van der Waals surface area contributed by atoms with E-state index in [1.807, 2.05) is 0 Å². The van der Waals surface area contributed by atoms with E-state index in [9.17, 15) is 0 Å². The number of fused-ring (bicyclic) bond motifs is 8. The van der Waals surface area contributed by atoms with Gasteiger partial charge in [-0.1, -0.05) is 290 Å². The molecule has 92 heavy (non-hydrogen) atoms. The van der Waals surface area contributed by atoms with Crippen LogP contribution in [0.5, 0.6) is 0 Å². The lowest BCUT2D eigenvalue weighted by molar-refractivity contribution is 1.29. The van der Waals surface area contributed by atoms with Gasteiger partial charge in [-0.05, 0) is 181 Å². The van der Waals surface area contributed by atoms with Gasteiger partial charge in [0.25, 0.3) is 0 Å². The molecular weight excluding hydrogens is 1110 g/mol. The Labute approximate surface area is 535 Å². The average molecular weight is 1160 g/mol. The van der Waals surface area contributed by atoms with Gasteiger partial charge in [0.2, 0.25) is 13.4 Å². The zero-order valence-corrected chi connectivity index (χ0v) is 50.2. The third-order valence-electron chi connectivity index (χ3n) is 20.6. The summed E-state index contributed by atoms with van der Waals surface area (Å²) in [7, 11) is 0. The van der Waals surface area contributed by atoms with E-state index >= 15 is 0 Å². The first-order valence-electron chi connectivity index (χ1n) is 32.2. The van der Waals surface area contributed by atoms with Crippen molar-refractivity contribution in [3.63, 3.8) is 0 Å². The molecule has 2 nitrogen and oxygen atoms in total. The second-order valence-electron chi connectivity index (χ2n) is 25.2. The zero-order valence-electron chi connectivity index (χ0n) is 50.2. The van der Waals surface area contributed by atoms with Crippen LogP contribution in [0.1, 0.15) is 0 Å². The largest absolute Gasteiger partial charge is 0.311 e. The molecule has 0 fully saturated rings. The van der Waals surface area contributed by atoms with Crippen molar-refractivity contribution >= 4 is 113 Å². The van der Waals surface area contributed by atoms with Gasteiger partial charge in [0.05, 0.1) is 11.4 Å². The minimum Gasteiger partial charge on any atom is -0.311 e. The number of nitrogens with zero attached hydrogens (tertiary/aromatic N) is 2. The molecule has 0 N–H and O–H groups in total. The quantitative estimate of drug-likeness (QED) is 0.111. The molecule has 4 heterocycles. The van der Waals surface area contributed by atoms with Crippen molar-refractivity contribution in [3.05, 3.63) is 328 Å². The summed E-state index contributed by atoms with van der Waals surface area (Å²) in [6.07, 6.45) is 0. The van der Waals surface area contributed by atoms with Crippen LogP contribution in [0, 0.1) is 0 Å². The minimum absolute atomic E-state index is 0.0828. The van der Waals surface area contributed by atoms with Crippen molar-refractivity contribution in [2.45, 2.75) is 0 Å². The second kappa shape index (κ2) is 19.9. The van der Waals surface area contributed by atoms with Crippen LogP contribution in [-0.2, 0) is 0 Å². The molecule has 0 unspecified atom stereocenters. The van der Waals surface area contributed by atoms with E-state index in [0.29, 0.717) is 0 Å². The molecule has 0 aromatic heterocycles. The van der Waals surface area contributed by atoms with Crippen molar-refractivity contribution in [3.8, 4) is 89.0 Å². The summed E-state index contributed by atoms with van der Waals surface area (Å²) in [6, 6.07) is 124. The summed E-state index contributed by atoms with van der Waals surface area (Å²) >= 11 is 0. The lowest BCUT2D eigenvalue weighted by Crippen LogP contribution is -2.60. The Bertz CT molecular complexity index is 5370. The van der Waals surface area contributed by atoms with E-state index in [1.165, 1.54) is 177 Å². The maximum absolute atomic E-state index is 2.64. The third-order valence-corrected chi connectivity index (χ3v) is 20.6. The Hall–Kier alpha value is -11.7. The minimum atomic E-state index is -0.0828. The number of anilines is 6. The molecule has 0 radical (unpaired) electrons. The van der Waals surface area contributed by atoms with Crippen LogP contribution in [0.3, 0.4) is 0 Å². The number of hydrogen-bond acceptors (Lipinski definition) is 2. The average Bonchev–Trinajstić information content (AvgIpc) is 0.678. The van der Waals surface area contributed by atoms with Gasteiger partial charge in [-0.2, -0.15) is 0 Å². The van der Waals surface area contributed by atoms with Gasteiger partial charge in [-0.25, -0.2) is 0 Å². The van der Waals surface area contributed by atoms with Crippen LogP contribution in [0.4, 0.5) is 34.1 Å². The number of benzene rings is 16. The van der Waals surface area contributed by atoms with E-state index < -0.39 is 0 Å². The highest BCUT2D eigenvalue weighted by Gasteiger charge is 2.46. The summed E-state index contributed by atoms with van der Waals surface area (Å²) in [6.45, 7) is -0.166. The van der Waals surface area contributed by atoms with Crippen molar-refractivity contribution in [1.82, 2.24) is 0 Å². The van der Waals surface area contributed by atoms with Gasteiger partial charge in [0.1, 0.15) is 0 Å². The van der Waals surface area contributed by atoms with Gasteiger partial charge in [0, 0.05) is 33.9 Å². The molecule has 422 valence electrons. The Morgan fingerprint density at radius 3 is 0.859 bits per heavy atom. The van der Waals surface area contributed by atoms with Crippen LogP contribution in [0.15, 0.2) is 328 Å². The Morgan fingerprint density at radius 2 is 0.467 bits per heavy atom. The molecule has 4 aliphatic heterocycles. The van der Waals surface area contributed by atoms with E-state index in [1.54, 1.807) is 0 Å². The maximum atomic E-state index is 2.64. The first-order valence-corrected chi connectivity index (χ1v) is 32.2. The first-order chi connectivity index (χ1) is 45.7. The molecular formula is C88H54B2N2. The van der Waals surface area contributed by atoms with Crippen molar-refractivity contribution in [2.75, 3.05) is 9.80 Å². The van der Waals surface area contributed by atoms with Gasteiger partial charge >= 0.3 is 0 Å². The molecule has 0 bridgehead atoms. The van der Waals surface area contributed by atoms with Gasteiger partial charge < -0.3 is 9.80 Å². The maximum Gasteiger partial charge on any atom is 0.248 e.